The second kappa shape index (κ2) is 8.59. The van der Waals surface area contributed by atoms with E-state index >= 15 is 0 Å². The van der Waals surface area contributed by atoms with Crippen molar-refractivity contribution in [1.82, 2.24) is 5.43 Å². The molecule has 8 heteroatoms. The number of hydrogen-bond donors (Lipinski definition) is 3. The van der Waals surface area contributed by atoms with Gasteiger partial charge in [0, 0.05) is 11.3 Å². The van der Waals surface area contributed by atoms with Crippen LogP contribution in [0, 0.1) is 5.82 Å². The van der Waals surface area contributed by atoms with Crippen LogP contribution in [0.15, 0.2) is 53.6 Å². The van der Waals surface area contributed by atoms with Gasteiger partial charge in [0.05, 0.1) is 6.21 Å². The molecule has 0 saturated heterocycles. The van der Waals surface area contributed by atoms with Gasteiger partial charge in [-0.25, -0.2) is 9.18 Å². The third kappa shape index (κ3) is 5.65. The number of nitrogens with one attached hydrogen (secondary N) is 2. The molecule has 0 spiro atoms. The van der Waals surface area contributed by atoms with Crippen molar-refractivity contribution in [1.29, 1.82) is 0 Å². The van der Waals surface area contributed by atoms with Crippen LogP contribution in [0.5, 0.6) is 5.75 Å². The highest BCUT2D eigenvalue weighted by Gasteiger charge is 2.03. The second-order valence-electron chi connectivity index (χ2n) is 4.55. The number of ether oxygens (including phenoxy) is 1. The Hall–Kier alpha value is -3.00. The predicted octanol–water partition coefficient (Wildman–Crippen LogP) is 2.61. The summed E-state index contributed by atoms with van der Waals surface area (Å²) in [6.45, 7) is -0.442. The van der Waals surface area contributed by atoms with Crippen LogP contribution in [0.25, 0.3) is 0 Å². The minimum Gasteiger partial charge on any atom is -0.481 e. The molecular weight excluding hydrogens is 333 g/mol. The molecule has 3 N–H and O–H groups in total. The van der Waals surface area contributed by atoms with E-state index in [1.165, 1.54) is 18.3 Å². The van der Waals surface area contributed by atoms with Gasteiger partial charge in [0.2, 0.25) is 0 Å². The molecule has 0 fully saturated rings. The van der Waals surface area contributed by atoms with E-state index in [9.17, 15) is 9.18 Å². The number of carbonyl (C=O) groups is 1. The second-order valence-corrected chi connectivity index (χ2v) is 4.96. The summed E-state index contributed by atoms with van der Waals surface area (Å²) in [4.78, 5) is 10.6. The third-order valence-electron chi connectivity index (χ3n) is 2.74. The molecule has 0 radical (unpaired) electrons. The van der Waals surface area contributed by atoms with Crippen molar-refractivity contribution in [2.24, 2.45) is 5.10 Å². The Kier molecular flexibility index (Phi) is 6.21. The average Bonchev–Trinajstić information content (AvgIpc) is 2.56. The topological polar surface area (TPSA) is 83.0 Å². The Balaban J connectivity index is 1.92. The fourth-order valence-electron chi connectivity index (χ4n) is 1.71. The number of nitrogens with zero attached hydrogens (tertiary/aromatic N) is 1. The zero-order chi connectivity index (χ0) is 17.4. The molecule has 2 rings (SSSR count). The van der Waals surface area contributed by atoms with Crippen molar-refractivity contribution in [3.63, 3.8) is 0 Å². The maximum atomic E-state index is 12.8. The lowest BCUT2D eigenvalue weighted by molar-refractivity contribution is -0.139. The minimum absolute atomic E-state index is 0.224. The first-order valence-electron chi connectivity index (χ1n) is 6.84. The van der Waals surface area contributed by atoms with E-state index in [-0.39, 0.29) is 10.9 Å². The molecule has 0 saturated carbocycles. The molecule has 0 bridgehead atoms. The van der Waals surface area contributed by atoms with E-state index in [4.69, 9.17) is 22.1 Å². The molecule has 6 nitrogen and oxygen atoms in total. The maximum absolute atomic E-state index is 12.8. The number of benzene rings is 2. The van der Waals surface area contributed by atoms with Gasteiger partial charge in [-0.05, 0) is 48.6 Å². The van der Waals surface area contributed by atoms with Gasteiger partial charge >= 0.3 is 5.97 Å². The van der Waals surface area contributed by atoms with Gasteiger partial charge in [0.15, 0.2) is 11.7 Å². The lowest BCUT2D eigenvalue weighted by atomic mass is 10.2. The quantitative estimate of drug-likeness (QED) is 0.423. The highest BCUT2D eigenvalue weighted by atomic mass is 32.1. The normalized spacial score (nSPS) is 10.4. The summed E-state index contributed by atoms with van der Waals surface area (Å²) < 4.78 is 18.0. The summed E-state index contributed by atoms with van der Waals surface area (Å²) in [5, 5.41) is 15.7. The van der Waals surface area contributed by atoms with Crippen LogP contribution in [-0.4, -0.2) is 29.0 Å². The van der Waals surface area contributed by atoms with Crippen molar-refractivity contribution in [3.8, 4) is 5.75 Å². The van der Waals surface area contributed by atoms with E-state index < -0.39 is 12.6 Å². The summed E-state index contributed by atoms with van der Waals surface area (Å²) in [6, 6.07) is 12.6. The molecule has 24 heavy (non-hydrogen) atoms. The number of rotatable bonds is 6. The number of thiocarbonyl (C=S) groups is 1. The van der Waals surface area contributed by atoms with Crippen LogP contribution in [-0.2, 0) is 4.79 Å². The maximum Gasteiger partial charge on any atom is 0.341 e. The highest BCUT2D eigenvalue weighted by Crippen LogP contribution is 2.15. The zero-order valence-electron chi connectivity index (χ0n) is 12.4. The van der Waals surface area contributed by atoms with E-state index in [0.29, 0.717) is 17.0 Å². The number of hydrazone groups is 1. The summed E-state index contributed by atoms with van der Waals surface area (Å²) in [5.41, 5.74) is 3.82. The van der Waals surface area contributed by atoms with Crippen molar-refractivity contribution in [2.45, 2.75) is 0 Å². The largest absolute Gasteiger partial charge is 0.481 e. The molecule has 0 aliphatic rings. The molecule has 0 amide bonds. The van der Waals surface area contributed by atoms with E-state index in [0.717, 1.165) is 0 Å². The zero-order valence-corrected chi connectivity index (χ0v) is 13.2. The number of anilines is 1. The molecule has 0 aliphatic carbocycles. The Morgan fingerprint density at radius 2 is 1.96 bits per heavy atom. The van der Waals surface area contributed by atoms with Crippen LogP contribution in [0.4, 0.5) is 10.1 Å². The molecule has 0 aliphatic heterocycles. The Morgan fingerprint density at radius 1 is 1.25 bits per heavy atom. The van der Waals surface area contributed by atoms with Crippen molar-refractivity contribution >= 4 is 35.2 Å². The molecule has 2 aromatic rings. The summed E-state index contributed by atoms with van der Waals surface area (Å²) in [5.74, 6) is -1.01. The van der Waals surface area contributed by atoms with Crippen LogP contribution >= 0.6 is 12.2 Å². The molecular formula is C16H14FN3O3S. The van der Waals surface area contributed by atoms with E-state index in [1.54, 1.807) is 36.4 Å². The van der Waals surface area contributed by atoms with Crippen molar-refractivity contribution in [2.75, 3.05) is 11.9 Å². The van der Waals surface area contributed by atoms with Crippen molar-refractivity contribution in [3.05, 3.63) is 59.9 Å². The van der Waals surface area contributed by atoms with Gasteiger partial charge in [0.1, 0.15) is 11.6 Å². The molecule has 0 atom stereocenters. The molecule has 0 heterocycles. The number of halogens is 1. The number of para-hydroxylation sites is 1. The fourth-order valence-corrected chi connectivity index (χ4v) is 1.88. The van der Waals surface area contributed by atoms with Crippen LogP contribution in [0.2, 0.25) is 0 Å². The molecule has 124 valence electrons. The van der Waals surface area contributed by atoms with Gasteiger partial charge in [-0.3, -0.25) is 5.43 Å². The first-order chi connectivity index (χ1) is 11.5. The lowest BCUT2D eigenvalue weighted by Gasteiger charge is -2.08. The average molecular weight is 347 g/mol. The first kappa shape index (κ1) is 17.4. The van der Waals surface area contributed by atoms with Crippen molar-refractivity contribution < 1.29 is 19.0 Å². The Labute approximate surface area is 143 Å². The standard InChI is InChI=1S/C16H14FN3O3S/c17-12-5-7-13(8-6-12)19-16(24)20-18-9-11-3-1-2-4-14(11)23-10-15(21)22/h1-9H,10H2,(H,21,22)(H2,19,20,24)/b18-9-. The molecule has 2 aromatic carbocycles. The third-order valence-corrected chi connectivity index (χ3v) is 2.94. The van der Waals surface area contributed by atoms with Gasteiger partial charge in [-0.1, -0.05) is 12.1 Å². The van der Waals surface area contributed by atoms with Gasteiger partial charge in [-0.2, -0.15) is 5.10 Å². The van der Waals surface area contributed by atoms with Gasteiger partial charge in [-0.15, -0.1) is 0 Å². The summed E-state index contributed by atoms with van der Waals surface area (Å²) in [6.07, 6.45) is 1.45. The van der Waals surface area contributed by atoms with Crippen LogP contribution in [0.1, 0.15) is 5.56 Å². The highest BCUT2D eigenvalue weighted by molar-refractivity contribution is 7.80. The SMILES string of the molecule is O=C(O)COc1ccccc1/C=N\NC(=S)Nc1ccc(F)cc1. The monoisotopic (exact) mass is 347 g/mol. The number of carboxylic acids is 1. The fraction of sp³-hybridized carbons (Fsp3) is 0.0625. The summed E-state index contributed by atoms with van der Waals surface area (Å²) >= 11 is 5.06. The number of aliphatic carboxylic acids is 1. The summed E-state index contributed by atoms with van der Waals surface area (Å²) in [7, 11) is 0. The van der Waals surface area contributed by atoms with E-state index in [1.807, 2.05) is 0 Å². The van der Waals surface area contributed by atoms with Crippen LogP contribution < -0.4 is 15.5 Å². The Morgan fingerprint density at radius 3 is 2.67 bits per heavy atom. The smallest absolute Gasteiger partial charge is 0.341 e. The molecule has 0 unspecified atom stereocenters. The van der Waals surface area contributed by atoms with Gasteiger partial charge in [0.25, 0.3) is 0 Å². The lowest BCUT2D eigenvalue weighted by Crippen LogP contribution is -2.23. The number of hydrogen-bond acceptors (Lipinski definition) is 4. The van der Waals surface area contributed by atoms with E-state index in [2.05, 4.69) is 15.8 Å². The molecule has 0 aromatic heterocycles. The first-order valence-corrected chi connectivity index (χ1v) is 7.24. The minimum atomic E-state index is -1.07. The van der Waals surface area contributed by atoms with Gasteiger partial charge < -0.3 is 15.2 Å². The van der Waals surface area contributed by atoms with Crippen LogP contribution in [0.3, 0.4) is 0 Å². The number of carboxylic acid groups (broad SMARTS) is 1. The Bertz CT molecular complexity index is 750. The predicted molar refractivity (Wildman–Crippen MR) is 92.9 cm³/mol.